The van der Waals surface area contributed by atoms with Crippen molar-refractivity contribution >= 4 is 5.69 Å². The molecule has 1 atom stereocenters. The predicted octanol–water partition coefficient (Wildman–Crippen LogP) is 3.26. The van der Waals surface area contributed by atoms with E-state index in [1.165, 1.54) is 12.1 Å². The van der Waals surface area contributed by atoms with E-state index in [0.717, 1.165) is 17.8 Å². The van der Waals surface area contributed by atoms with Gasteiger partial charge in [0.2, 0.25) is 0 Å². The molecule has 0 radical (unpaired) electrons. The first-order chi connectivity index (χ1) is 10.9. The van der Waals surface area contributed by atoms with Crippen LogP contribution < -0.4 is 10.1 Å². The molecule has 0 saturated carbocycles. The Hall–Kier alpha value is -2.25. The lowest BCUT2D eigenvalue weighted by atomic mass is 10.2. The Morgan fingerprint density at radius 2 is 1.48 bits per heavy atom. The molecule has 2 aromatic carbocycles. The number of rotatable bonds is 6. The number of alkyl halides is 3. The van der Waals surface area contributed by atoms with Gasteiger partial charge in [-0.25, -0.2) is 0 Å². The molecule has 7 heteroatoms. The van der Waals surface area contributed by atoms with E-state index in [1.807, 2.05) is 0 Å². The second-order valence-corrected chi connectivity index (χ2v) is 4.87. The number of aliphatic hydroxyl groups excluding tert-OH is 2. The van der Waals surface area contributed by atoms with E-state index in [4.69, 9.17) is 9.84 Å². The Balaban J connectivity index is 1.95. The summed E-state index contributed by atoms with van der Waals surface area (Å²) >= 11 is 0. The highest BCUT2D eigenvalue weighted by Gasteiger charge is 2.30. The third kappa shape index (κ3) is 5.15. The van der Waals surface area contributed by atoms with Gasteiger partial charge in [0.25, 0.3) is 0 Å². The molecule has 0 aliphatic heterocycles. The molecule has 1 unspecified atom stereocenters. The van der Waals surface area contributed by atoms with E-state index in [2.05, 4.69) is 5.32 Å². The number of ether oxygens (including phenoxy) is 1. The third-order valence-electron chi connectivity index (χ3n) is 3.02. The zero-order chi connectivity index (χ0) is 16.9. The van der Waals surface area contributed by atoms with Gasteiger partial charge in [0.1, 0.15) is 11.5 Å². The summed E-state index contributed by atoms with van der Waals surface area (Å²) in [5.41, 5.74) is -0.0101. The van der Waals surface area contributed by atoms with Crippen LogP contribution in [0.15, 0.2) is 48.5 Å². The van der Waals surface area contributed by atoms with Gasteiger partial charge in [0.15, 0.2) is 0 Å². The molecule has 0 heterocycles. The van der Waals surface area contributed by atoms with E-state index in [1.54, 1.807) is 24.3 Å². The molecule has 0 aromatic heterocycles. The third-order valence-corrected chi connectivity index (χ3v) is 3.02. The summed E-state index contributed by atoms with van der Waals surface area (Å²) in [5, 5.41) is 20.9. The van der Waals surface area contributed by atoms with Crippen LogP contribution in [0.1, 0.15) is 5.56 Å². The number of hydrogen-bond acceptors (Lipinski definition) is 4. The van der Waals surface area contributed by atoms with Crippen LogP contribution in [0.4, 0.5) is 18.9 Å². The first-order valence-corrected chi connectivity index (χ1v) is 6.86. The summed E-state index contributed by atoms with van der Waals surface area (Å²) in [5.74, 6) is 0.771. The van der Waals surface area contributed by atoms with Crippen LogP contribution in [0, 0.1) is 0 Å². The maximum atomic E-state index is 12.5. The van der Waals surface area contributed by atoms with Crippen LogP contribution in [0.25, 0.3) is 0 Å². The average Bonchev–Trinajstić information content (AvgIpc) is 2.53. The molecule has 0 fully saturated rings. The fraction of sp³-hybridized carbons (Fsp3) is 0.250. The zero-order valence-electron chi connectivity index (χ0n) is 12.0. The van der Waals surface area contributed by atoms with Gasteiger partial charge in [-0.2, -0.15) is 13.2 Å². The highest BCUT2D eigenvalue weighted by atomic mass is 19.4. The normalized spacial score (nSPS) is 12.7. The Bertz CT molecular complexity index is 612. The van der Waals surface area contributed by atoms with E-state index < -0.39 is 17.8 Å². The Kier molecular flexibility index (Phi) is 5.46. The average molecular weight is 327 g/mol. The van der Waals surface area contributed by atoms with E-state index in [-0.39, 0.29) is 13.2 Å². The molecule has 3 N–H and O–H groups in total. The molecule has 2 rings (SSSR count). The van der Waals surface area contributed by atoms with Crippen LogP contribution >= 0.6 is 0 Å². The molecule has 0 aliphatic carbocycles. The fourth-order valence-corrected chi connectivity index (χ4v) is 1.79. The number of halogens is 3. The van der Waals surface area contributed by atoms with Crippen molar-refractivity contribution in [3.8, 4) is 11.5 Å². The monoisotopic (exact) mass is 327 g/mol. The molecule has 0 spiro atoms. The molecule has 124 valence electrons. The molecule has 2 aromatic rings. The summed E-state index contributed by atoms with van der Waals surface area (Å²) < 4.78 is 42.9. The van der Waals surface area contributed by atoms with Gasteiger partial charge >= 0.3 is 6.18 Å². The first kappa shape index (κ1) is 17.1. The molecule has 0 saturated heterocycles. The quantitative estimate of drug-likeness (QED) is 0.762. The van der Waals surface area contributed by atoms with Crippen molar-refractivity contribution in [2.24, 2.45) is 0 Å². The van der Waals surface area contributed by atoms with Crippen molar-refractivity contribution < 1.29 is 28.1 Å². The maximum absolute atomic E-state index is 12.5. The summed E-state index contributed by atoms with van der Waals surface area (Å²) in [4.78, 5) is 0. The summed E-state index contributed by atoms with van der Waals surface area (Å²) in [6, 6.07) is 11.1. The van der Waals surface area contributed by atoms with Crippen molar-refractivity contribution in [1.29, 1.82) is 0 Å². The molecule has 0 amide bonds. The van der Waals surface area contributed by atoms with E-state index in [0.29, 0.717) is 11.5 Å². The lowest BCUT2D eigenvalue weighted by Crippen LogP contribution is -2.22. The molecular formula is C16H16F3NO3. The second kappa shape index (κ2) is 7.34. The van der Waals surface area contributed by atoms with Crippen LogP contribution in [0.3, 0.4) is 0 Å². The topological polar surface area (TPSA) is 61.7 Å². The van der Waals surface area contributed by atoms with E-state index >= 15 is 0 Å². The molecule has 23 heavy (non-hydrogen) atoms. The minimum absolute atomic E-state index is 0.204. The second-order valence-electron chi connectivity index (χ2n) is 4.87. The molecule has 4 nitrogen and oxygen atoms in total. The van der Waals surface area contributed by atoms with Crippen molar-refractivity contribution in [3.63, 3.8) is 0 Å². The number of benzene rings is 2. The SMILES string of the molecule is OCC(O)CNc1ccc(Oc2ccc(C(F)(F)F)cc2)cc1. The minimum atomic E-state index is -4.37. The van der Waals surface area contributed by atoms with Gasteiger partial charge in [-0.3, -0.25) is 0 Å². The predicted molar refractivity (Wildman–Crippen MR) is 79.5 cm³/mol. The van der Waals surface area contributed by atoms with Crippen molar-refractivity contribution in [2.75, 3.05) is 18.5 Å². The summed E-state index contributed by atoms with van der Waals surface area (Å²) in [7, 11) is 0. The largest absolute Gasteiger partial charge is 0.457 e. The summed E-state index contributed by atoms with van der Waals surface area (Å²) in [6.45, 7) is -0.127. The highest BCUT2D eigenvalue weighted by molar-refractivity contribution is 5.47. The fourth-order valence-electron chi connectivity index (χ4n) is 1.79. The van der Waals surface area contributed by atoms with Crippen LogP contribution in [0.5, 0.6) is 11.5 Å². The van der Waals surface area contributed by atoms with Crippen LogP contribution in [-0.2, 0) is 6.18 Å². The van der Waals surface area contributed by atoms with Crippen LogP contribution in [0.2, 0.25) is 0 Å². The molecule has 0 bridgehead atoms. The van der Waals surface area contributed by atoms with Gasteiger partial charge in [-0.05, 0) is 48.5 Å². The Morgan fingerprint density at radius 3 is 1.96 bits per heavy atom. The molecular weight excluding hydrogens is 311 g/mol. The van der Waals surface area contributed by atoms with Crippen LogP contribution in [-0.4, -0.2) is 29.5 Å². The zero-order valence-corrected chi connectivity index (χ0v) is 12.0. The maximum Gasteiger partial charge on any atom is 0.416 e. The first-order valence-electron chi connectivity index (χ1n) is 6.86. The van der Waals surface area contributed by atoms with Crippen molar-refractivity contribution in [1.82, 2.24) is 0 Å². The number of aliphatic hydroxyl groups is 2. The number of anilines is 1. The van der Waals surface area contributed by atoms with E-state index in [9.17, 15) is 18.3 Å². The Labute approximate surface area is 131 Å². The van der Waals surface area contributed by atoms with Gasteiger partial charge in [0, 0.05) is 12.2 Å². The van der Waals surface area contributed by atoms with Gasteiger partial charge in [0.05, 0.1) is 18.3 Å². The van der Waals surface area contributed by atoms with Crippen molar-refractivity contribution in [2.45, 2.75) is 12.3 Å². The minimum Gasteiger partial charge on any atom is -0.457 e. The van der Waals surface area contributed by atoms with Gasteiger partial charge in [-0.1, -0.05) is 0 Å². The lowest BCUT2D eigenvalue weighted by Gasteiger charge is -2.11. The molecule has 0 aliphatic rings. The number of nitrogens with one attached hydrogen (secondary N) is 1. The standard InChI is InChI=1S/C16H16F3NO3/c17-16(18,19)11-1-5-14(6-2-11)23-15-7-3-12(4-8-15)20-9-13(22)10-21/h1-8,13,20-22H,9-10H2. The van der Waals surface area contributed by atoms with Gasteiger partial charge < -0.3 is 20.3 Å². The smallest absolute Gasteiger partial charge is 0.416 e. The highest BCUT2D eigenvalue weighted by Crippen LogP contribution is 2.31. The van der Waals surface area contributed by atoms with Gasteiger partial charge in [-0.15, -0.1) is 0 Å². The van der Waals surface area contributed by atoms with Crippen molar-refractivity contribution in [3.05, 3.63) is 54.1 Å². The Morgan fingerprint density at radius 1 is 0.957 bits per heavy atom. The lowest BCUT2D eigenvalue weighted by molar-refractivity contribution is -0.137. The number of hydrogen-bond donors (Lipinski definition) is 3. The summed E-state index contributed by atoms with van der Waals surface area (Å²) in [6.07, 6.45) is -5.22.